The van der Waals surface area contributed by atoms with Crippen molar-refractivity contribution < 1.29 is 9.90 Å². The average molecular weight is 302 g/mol. The van der Waals surface area contributed by atoms with Crippen LogP contribution in [0.25, 0.3) is 10.9 Å². The molecule has 0 aliphatic heterocycles. The number of aliphatic hydroxyl groups is 1. The molecule has 1 heterocycles. The Morgan fingerprint density at radius 3 is 2.86 bits per heavy atom. The Hall–Kier alpha value is -2.08. The van der Waals surface area contributed by atoms with Crippen LogP contribution in [0.1, 0.15) is 32.7 Å². The first kappa shape index (κ1) is 14.8. The largest absolute Gasteiger partial charge is 0.396 e. The minimum atomic E-state index is -0.240. The van der Waals surface area contributed by atoms with Crippen LogP contribution in [0, 0.1) is 5.41 Å². The SMILES string of the molecule is CC(C)n1cc2cc(NC(=O)NCC3(CO)CC3)ccc2n1. The predicted molar refractivity (Wildman–Crippen MR) is 85.9 cm³/mol. The number of rotatable bonds is 5. The van der Waals surface area contributed by atoms with Crippen molar-refractivity contribution in [3.05, 3.63) is 24.4 Å². The number of aliphatic hydroxyl groups excluding tert-OH is 1. The lowest BCUT2D eigenvalue weighted by molar-refractivity contribution is 0.206. The van der Waals surface area contributed by atoms with Gasteiger partial charge in [-0.1, -0.05) is 0 Å². The molecule has 0 unspecified atom stereocenters. The predicted octanol–water partition coefficient (Wildman–Crippen LogP) is 2.51. The van der Waals surface area contributed by atoms with Crippen molar-refractivity contribution in [1.29, 1.82) is 0 Å². The quantitative estimate of drug-likeness (QED) is 0.794. The molecule has 0 saturated heterocycles. The van der Waals surface area contributed by atoms with E-state index in [1.807, 2.05) is 29.1 Å². The summed E-state index contributed by atoms with van der Waals surface area (Å²) in [5.74, 6) is 0. The van der Waals surface area contributed by atoms with E-state index in [-0.39, 0.29) is 18.1 Å². The maximum atomic E-state index is 11.9. The zero-order chi connectivity index (χ0) is 15.7. The summed E-state index contributed by atoms with van der Waals surface area (Å²) in [6.07, 6.45) is 3.93. The van der Waals surface area contributed by atoms with E-state index in [2.05, 4.69) is 29.6 Å². The zero-order valence-electron chi connectivity index (χ0n) is 13.0. The zero-order valence-corrected chi connectivity index (χ0v) is 13.0. The lowest BCUT2D eigenvalue weighted by atomic mass is 10.1. The highest BCUT2D eigenvalue weighted by molar-refractivity contribution is 5.92. The number of anilines is 1. The van der Waals surface area contributed by atoms with Gasteiger partial charge in [0, 0.05) is 35.3 Å². The van der Waals surface area contributed by atoms with Crippen molar-refractivity contribution >= 4 is 22.6 Å². The third kappa shape index (κ3) is 3.06. The van der Waals surface area contributed by atoms with Crippen molar-refractivity contribution in [2.45, 2.75) is 32.7 Å². The summed E-state index contributed by atoms with van der Waals surface area (Å²) in [6, 6.07) is 5.73. The first-order valence-corrected chi connectivity index (χ1v) is 7.66. The summed E-state index contributed by atoms with van der Waals surface area (Å²) in [7, 11) is 0. The molecule has 6 nitrogen and oxygen atoms in total. The van der Waals surface area contributed by atoms with Gasteiger partial charge in [0.15, 0.2) is 0 Å². The molecule has 3 rings (SSSR count). The summed E-state index contributed by atoms with van der Waals surface area (Å²) >= 11 is 0. The molecular weight excluding hydrogens is 280 g/mol. The van der Waals surface area contributed by atoms with Crippen molar-refractivity contribution in [3.63, 3.8) is 0 Å². The Kier molecular flexibility index (Phi) is 3.78. The number of nitrogens with one attached hydrogen (secondary N) is 2. The molecule has 1 fully saturated rings. The Morgan fingerprint density at radius 1 is 1.45 bits per heavy atom. The minimum absolute atomic E-state index is 0.0836. The number of amides is 2. The molecular formula is C16H22N4O2. The van der Waals surface area contributed by atoms with Crippen LogP contribution in [0.5, 0.6) is 0 Å². The van der Waals surface area contributed by atoms with E-state index in [0.717, 1.165) is 29.4 Å². The molecule has 1 aromatic carbocycles. The number of aromatic nitrogens is 2. The monoisotopic (exact) mass is 302 g/mol. The summed E-state index contributed by atoms with van der Waals surface area (Å²) in [4.78, 5) is 11.9. The standard InChI is InChI=1S/C16H22N4O2/c1-11(2)20-8-12-7-13(3-4-14(12)19-20)18-15(22)17-9-16(10-21)5-6-16/h3-4,7-8,11,21H,5-6,9-10H2,1-2H3,(H2,17,18,22). The molecule has 1 aliphatic carbocycles. The van der Waals surface area contributed by atoms with Gasteiger partial charge in [0.1, 0.15) is 0 Å². The fraction of sp³-hybridized carbons (Fsp3) is 0.500. The number of nitrogens with zero attached hydrogens (tertiary/aromatic N) is 2. The van der Waals surface area contributed by atoms with E-state index in [1.54, 1.807) is 0 Å². The lowest BCUT2D eigenvalue weighted by Gasteiger charge is -2.13. The number of hydrogen-bond acceptors (Lipinski definition) is 3. The van der Waals surface area contributed by atoms with E-state index >= 15 is 0 Å². The van der Waals surface area contributed by atoms with Gasteiger partial charge in [-0.05, 0) is 44.9 Å². The first-order chi connectivity index (χ1) is 10.5. The van der Waals surface area contributed by atoms with Gasteiger partial charge in [0.25, 0.3) is 0 Å². The van der Waals surface area contributed by atoms with Gasteiger partial charge in [-0.2, -0.15) is 5.10 Å². The van der Waals surface area contributed by atoms with Gasteiger partial charge in [-0.25, -0.2) is 4.79 Å². The summed E-state index contributed by atoms with van der Waals surface area (Å²) in [6.45, 7) is 4.80. The molecule has 0 atom stereocenters. The molecule has 3 N–H and O–H groups in total. The molecule has 0 spiro atoms. The Morgan fingerprint density at radius 2 is 2.23 bits per heavy atom. The highest BCUT2D eigenvalue weighted by Crippen LogP contribution is 2.44. The molecule has 0 radical (unpaired) electrons. The van der Waals surface area contributed by atoms with Crippen LogP contribution in [-0.4, -0.2) is 34.1 Å². The number of benzene rings is 1. The smallest absolute Gasteiger partial charge is 0.319 e. The molecule has 22 heavy (non-hydrogen) atoms. The van der Waals surface area contributed by atoms with Gasteiger partial charge in [0.05, 0.1) is 12.1 Å². The van der Waals surface area contributed by atoms with Gasteiger partial charge in [0.2, 0.25) is 0 Å². The topological polar surface area (TPSA) is 79.2 Å². The summed E-state index contributed by atoms with van der Waals surface area (Å²) in [5.41, 5.74) is 1.57. The molecule has 118 valence electrons. The average Bonchev–Trinajstić information content (AvgIpc) is 3.15. The molecule has 6 heteroatoms. The van der Waals surface area contributed by atoms with Gasteiger partial charge < -0.3 is 15.7 Å². The van der Waals surface area contributed by atoms with Crippen LogP contribution in [0.4, 0.5) is 10.5 Å². The summed E-state index contributed by atoms with van der Waals surface area (Å²) < 4.78 is 1.91. The molecule has 2 aromatic rings. The van der Waals surface area contributed by atoms with Crippen LogP contribution in [0.3, 0.4) is 0 Å². The van der Waals surface area contributed by atoms with Crippen LogP contribution < -0.4 is 10.6 Å². The third-order valence-electron chi connectivity index (χ3n) is 4.23. The van der Waals surface area contributed by atoms with Gasteiger partial charge >= 0.3 is 6.03 Å². The van der Waals surface area contributed by atoms with Crippen LogP contribution in [-0.2, 0) is 0 Å². The van der Waals surface area contributed by atoms with Crippen molar-refractivity contribution in [2.75, 3.05) is 18.5 Å². The van der Waals surface area contributed by atoms with Crippen LogP contribution in [0.2, 0.25) is 0 Å². The van der Waals surface area contributed by atoms with E-state index in [4.69, 9.17) is 0 Å². The molecule has 1 aliphatic rings. The Labute approximate surface area is 129 Å². The fourth-order valence-corrected chi connectivity index (χ4v) is 2.40. The Bertz CT molecular complexity index is 689. The van der Waals surface area contributed by atoms with Gasteiger partial charge in [-0.3, -0.25) is 4.68 Å². The normalized spacial score (nSPS) is 16.0. The van der Waals surface area contributed by atoms with Crippen molar-refractivity contribution in [1.82, 2.24) is 15.1 Å². The van der Waals surface area contributed by atoms with E-state index < -0.39 is 0 Å². The first-order valence-electron chi connectivity index (χ1n) is 7.66. The summed E-state index contributed by atoms with van der Waals surface area (Å²) in [5, 5.41) is 20.4. The number of carbonyl (C=O) groups is 1. The van der Waals surface area contributed by atoms with Gasteiger partial charge in [-0.15, -0.1) is 0 Å². The molecule has 1 aromatic heterocycles. The maximum absolute atomic E-state index is 11.9. The Balaban J connectivity index is 1.64. The third-order valence-corrected chi connectivity index (χ3v) is 4.23. The highest BCUT2D eigenvalue weighted by Gasteiger charge is 2.42. The molecule has 0 bridgehead atoms. The number of urea groups is 1. The fourth-order valence-electron chi connectivity index (χ4n) is 2.40. The van der Waals surface area contributed by atoms with Crippen molar-refractivity contribution in [2.24, 2.45) is 5.41 Å². The van der Waals surface area contributed by atoms with Crippen molar-refractivity contribution in [3.8, 4) is 0 Å². The van der Waals surface area contributed by atoms with E-state index in [0.29, 0.717) is 12.6 Å². The van der Waals surface area contributed by atoms with E-state index in [9.17, 15) is 9.90 Å². The minimum Gasteiger partial charge on any atom is -0.396 e. The van der Waals surface area contributed by atoms with Crippen LogP contribution in [0.15, 0.2) is 24.4 Å². The van der Waals surface area contributed by atoms with E-state index in [1.165, 1.54) is 0 Å². The number of hydrogen-bond donors (Lipinski definition) is 3. The maximum Gasteiger partial charge on any atom is 0.319 e. The molecule has 2 amide bonds. The highest BCUT2D eigenvalue weighted by atomic mass is 16.3. The second-order valence-corrected chi connectivity index (χ2v) is 6.44. The number of fused-ring (bicyclic) bond motifs is 1. The lowest BCUT2D eigenvalue weighted by Crippen LogP contribution is -2.35. The second-order valence-electron chi connectivity index (χ2n) is 6.44. The molecule has 1 saturated carbocycles. The van der Waals surface area contributed by atoms with Crippen LogP contribution >= 0.6 is 0 Å². The number of carbonyl (C=O) groups excluding carboxylic acids is 1. The second kappa shape index (κ2) is 5.61.